The molecule has 0 saturated carbocycles. The molecule has 10 heteroatoms. The molecule has 3 heterocycles. The van der Waals surface area contributed by atoms with Crippen molar-refractivity contribution in [3.8, 4) is 12.3 Å². The normalized spacial score (nSPS) is 16.5. The summed E-state index contributed by atoms with van der Waals surface area (Å²) in [5.74, 6) is 1.86. The molecule has 0 aliphatic carbocycles. The topological polar surface area (TPSA) is 124 Å². The predicted molar refractivity (Wildman–Crippen MR) is 126 cm³/mol. The van der Waals surface area contributed by atoms with Crippen molar-refractivity contribution in [1.82, 2.24) is 19.6 Å². The van der Waals surface area contributed by atoms with Crippen LogP contribution in [0.5, 0.6) is 0 Å². The molecule has 33 heavy (non-hydrogen) atoms. The Morgan fingerprint density at radius 2 is 2.18 bits per heavy atom. The highest BCUT2D eigenvalue weighted by Crippen LogP contribution is 2.29. The molecule has 4 rings (SSSR count). The number of H-pyrrole nitrogens is 2. The van der Waals surface area contributed by atoms with Crippen LogP contribution in [-0.4, -0.2) is 60.9 Å². The Morgan fingerprint density at radius 1 is 1.36 bits per heavy atom. The minimum Gasteiger partial charge on any atom is -0.462 e. The number of carbonyl (C=O) groups is 1. The third kappa shape index (κ3) is 4.39. The van der Waals surface area contributed by atoms with E-state index in [9.17, 15) is 18.0 Å². The van der Waals surface area contributed by atoms with Crippen LogP contribution < -0.4 is 10.9 Å². The smallest absolute Gasteiger partial charge is 0.340 e. The first-order valence-electron chi connectivity index (χ1n) is 10.9. The van der Waals surface area contributed by atoms with Crippen LogP contribution >= 0.6 is 0 Å². The Morgan fingerprint density at radius 3 is 2.88 bits per heavy atom. The minimum atomic E-state index is -3.92. The average molecular weight is 471 g/mol. The van der Waals surface area contributed by atoms with Crippen molar-refractivity contribution in [1.29, 1.82) is 0 Å². The van der Waals surface area contributed by atoms with E-state index in [1.54, 1.807) is 0 Å². The molecule has 1 saturated heterocycles. The van der Waals surface area contributed by atoms with Gasteiger partial charge in [0, 0.05) is 35.1 Å². The van der Waals surface area contributed by atoms with E-state index in [-0.39, 0.29) is 41.7 Å². The van der Waals surface area contributed by atoms with E-state index in [0.29, 0.717) is 22.7 Å². The fourth-order valence-corrected chi connectivity index (χ4v) is 5.58. The van der Waals surface area contributed by atoms with E-state index in [0.717, 1.165) is 19.4 Å². The van der Waals surface area contributed by atoms with Crippen LogP contribution in [0.4, 0.5) is 0 Å². The quantitative estimate of drug-likeness (QED) is 0.341. The molecule has 2 aromatic heterocycles. The summed E-state index contributed by atoms with van der Waals surface area (Å²) in [6.07, 6.45) is 9.39. The zero-order valence-corrected chi connectivity index (χ0v) is 19.1. The summed E-state index contributed by atoms with van der Waals surface area (Å²) >= 11 is 0. The molecule has 1 fully saturated rings. The van der Waals surface area contributed by atoms with E-state index in [4.69, 9.17) is 11.2 Å². The van der Waals surface area contributed by atoms with Gasteiger partial charge >= 0.3 is 5.97 Å². The van der Waals surface area contributed by atoms with Gasteiger partial charge in [-0.2, -0.15) is 4.31 Å². The van der Waals surface area contributed by atoms with Crippen LogP contribution in [0.1, 0.15) is 36.5 Å². The summed E-state index contributed by atoms with van der Waals surface area (Å²) in [7, 11) is -3.92. The van der Waals surface area contributed by atoms with E-state index in [1.807, 2.05) is 6.92 Å². The predicted octanol–water partition coefficient (Wildman–Crippen LogP) is 1.95. The fourth-order valence-electron chi connectivity index (χ4n) is 4.16. The zero-order valence-electron chi connectivity index (χ0n) is 18.3. The number of terminal acetylenes is 1. The number of rotatable bonds is 8. The first-order valence-corrected chi connectivity index (χ1v) is 12.3. The number of carbonyl (C=O) groups excluding carboxylic acids is 1. The Balaban J connectivity index is 1.83. The van der Waals surface area contributed by atoms with Gasteiger partial charge in [-0.05, 0) is 44.0 Å². The van der Waals surface area contributed by atoms with Gasteiger partial charge in [-0.15, -0.1) is 6.42 Å². The summed E-state index contributed by atoms with van der Waals surface area (Å²) in [6.45, 7) is 3.17. The Hall–Kier alpha value is -3.13. The number of ether oxygens (including phenoxy) is 1. The highest BCUT2D eigenvalue weighted by atomic mass is 32.2. The number of aromatic amines is 2. The second kappa shape index (κ2) is 9.39. The van der Waals surface area contributed by atoms with E-state index >= 15 is 0 Å². The number of nitrogens with zero attached hydrogens (tertiary/aromatic N) is 1. The Bertz CT molecular complexity index is 1390. The van der Waals surface area contributed by atoms with Gasteiger partial charge < -0.3 is 20.0 Å². The van der Waals surface area contributed by atoms with Gasteiger partial charge in [0.1, 0.15) is 5.52 Å². The Labute approximate surface area is 191 Å². The second-order valence-electron chi connectivity index (χ2n) is 8.04. The summed E-state index contributed by atoms with van der Waals surface area (Å²) < 4.78 is 33.5. The molecule has 3 aromatic rings. The van der Waals surface area contributed by atoms with Crippen molar-refractivity contribution < 1.29 is 17.9 Å². The van der Waals surface area contributed by atoms with Gasteiger partial charge in [-0.25, -0.2) is 13.2 Å². The van der Waals surface area contributed by atoms with Crippen molar-refractivity contribution in [3.63, 3.8) is 0 Å². The molecule has 1 aromatic carbocycles. The molecular formula is C23H26N4O5S. The van der Waals surface area contributed by atoms with Crippen LogP contribution in [0.25, 0.3) is 21.8 Å². The number of aromatic nitrogens is 2. The molecule has 0 amide bonds. The van der Waals surface area contributed by atoms with Crippen LogP contribution in [0.3, 0.4) is 0 Å². The lowest BCUT2D eigenvalue weighted by Gasteiger charge is -2.23. The molecular weight excluding hydrogens is 444 g/mol. The van der Waals surface area contributed by atoms with Crippen LogP contribution in [-0.2, 0) is 14.8 Å². The van der Waals surface area contributed by atoms with Gasteiger partial charge in [0.25, 0.3) is 5.56 Å². The van der Waals surface area contributed by atoms with Gasteiger partial charge in [0.2, 0.25) is 10.0 Å². The first kappa shape index (κ1) is 23.0. The van der Waals surface area contributed by atoms with Crippen LogP contribution in [0.2, 0.25) is 0 Å². The molecule has 3 N–H and O–H groups in total. The largest absolute Gasteiger partial charge is 0.462 e. The van der Waals surface area contributed by atoms with Gasteiger partial charge in [0.05, 0.1) is 23.6 Å². The zero-order chi connectivity index (χ0) is 23.6. The Kier molecular flexibility index (Phi) is 6.56. The number of pyridine rings is 1. The highest BCUT2D eigenvalue weighted by molar-refractivity contribution is 7.89. The molecule has 0 spiro atoms. The number of nitrogens with one attached hydrogen (secondary N) is 3. The number of hydrogen-bond donors (Lipinski definition) is 3. The number of esters is 1. The summed E-state index contributed by atoms with van der Waals surface area (Å²) in [5.41, 5.74) is 0.358. The highest BCUT2D eigenvalue weighted by Gasteiger charge is 2.29. The number of benzene rings is 1. The summed E-state index contributed by atoms with van der Waals surface area (Å²) in [4.78, 5) is 30.7. The number of sulfonamides is 1. The van der Waals surface area contributed by atoms with Crippen molar-refractivity contribution in [3.05, 3.63) is 40.3 Å². The molecule has 1 unspecified atom stereocenters. The molecule has 0 bridgehead atoms. The summed E-state index contributed by atoms with van der Waals surface area (Å²) in [5, 5.41) is 4.04. The van der Waals surface area contributed by atoms with Crippen molar-refractivity contribution in [2.75, 3.05) is 26.2 Å². The van der Waals surface area contributed by atoms with Crippen LogP contribution in [0, 0.1) is 12.3 Å². The third-order valence-corrected chi connectivity index (χ3v) is 7.57. The van der Waals surface area contributed by atoms with Gasteiger partial charge in [0.15, 0.2) is 0 Å². The molecule has 0 radical (unpaired) electrons. The molecule has 1 atom stereocenters. The van der Waals surface area contributed by atoms with E-state index < -0.39 is 21.6 Å². The average Bonchev–Trinajstić information content (AvgIpc) is 3.47. The van der Waals surface area contributed by atoms with Gasteiger partial charge in [-0.3, -0.25) is 4.79 Å². The van der Waals surface area contributed by atoms with Gasteiger partial charge in [-0.1, -0.05) is 12.8 Å². The maximum atomic E-state index is 13.5. The monoisotopic (exact) mass is 470 g/mol. The maximum Gasteiger partial charge on any atom is 0.340 e. The number of fused-ring (bicyclic) bond motifs is 3. The SMILES string of the molecule is C#CCN(CC1CCCN1)S(=O)(=O)c1ccc2[nH]c(=O)c3[nH]cc(C(=O)OCCC)c3c2c1. The molecule has 9 nitrogen and oxygen atoms in total. The van der Waals surface area contributed by atoms with Crippen molar-refractivity contribution in [2.45, 2.75) is 37.1 Å². The molecule has 1 aliphatic rings. The third-order valence-electron chi connectivity index (χ3n) is 5.76. The van der Waals surface area contributed by atoms with Crippen molar-refractivity contribution in [2.24, 2.45) is 0 Å². The van der Waals surface area contributed by atoms with Crippen LogP contribution in [0.15, 0.2) is 34.1 Å². The number of hydrogen-bond acceptors (Lipinski definition) is 6. The lowest BCUT2D eigenvalue weighted by atomic mass is 10.1. The first-order chi connectivity index (χ1) is 15.9. The lowest BCUT2D eigenvalue weighted by Crippen LogP contribution is -2.41. The molecule has 174 valence electrons. The molecule has 1 aliphatic heterocycles. The lowest BCUT2D eigenvalue weighted by molar-refractivity contribution is 0.0507. The minimum absolute atomic E-state index is 0.0330. The second-order valence-corrected chi connectivity index (χ2v) is 9.98. The van der Waals surface area contributed by atoms with E-state index in [1.165, 1.54) is 28.7 Å². The standard InChI is InChI=1S/C23H26N4O5S/c1-3-10-27(14-15-6-5-9-24-15)33(30,31)16-7-8-19-17(12-16)20-18(23(29)32-11-4-2)13-25-21(20)22(28)26-19/h1,7-8,12-13,15,24-25H,4-6,9-11,14H2,2H3,(H,26,28). The van der Waals surface area contributed by atoms with E-state index in [2.05, 4.69) is 21.2 Å². The fraction of sp³-hybridized carbons (Fsp3) is 0.391. The van der Waals surface area contributed by atoms with Crippen molar-refractivity contribution >= 4 is 37.8 Å². The maximum absolute atomic E-state index is 13.5. The summed E-state index contributed by atoms with van der Waals surface area (Å²) in [6, 6.07) is 4.48.